The lowest BCUT2D eigenvalue weighted by atomic mass is 10.00. The normalized spacial score (nSPS) is 14.1. The maximum absolute atomic E-state index is 12.3. The van der Waals surface area contributed by atoms with Crippen molar-refractivity contribution in [3.05, 3.63) is 70.0 Å². The Hall–Kier alpha value is -2.77. The van der Waals surface area contributed by atoms with Crippen molar-refractivity contribution >= 4 is 23.6 Å². The van der Waals surface area contributed by atoms with Crippen molar-refractivity contribution < 1.29 is 0 Å². The minimum Gasteiger partial charge on any atom is -0.370 e. The lowest BCUT2D eigenvalue weighted by Crippen LogP contribution is -2.27. The molecule has 35 heavy (non-hydrogen) atoms. The van der Waals surface area contributed by atoms with Crippen LogP contribution in [0.15, 0.2) is 58.2 Å². The summed E-state index contributed by atoms with van der Waals surface area (Å²) >= 11 is 1.45. The minimum absolute atomic E-state index is 0.170. The molecule has 1 aliphatic heterocycles. The lowest BCUT2D eigenvalue weighted by molar-refractivity contribution is 0.469. The van der Waals surface area contributed by atoms with Crippen LogP contribution in [0.3, 0.4) is 0 Å². The number of H-pyrrole nitrogens is 1. The van der Waals surface area contributed by atoms with Crippen LogP contribution in [0.4, 0.5) is 11.6 Å². The summed E-state index contributed by atoms with van der Waals surface area (Å²) in [5.74, 6) is 0.453. The topological polar surface area (TPSA) is 73.1 Å². The molecule has 0 amide bonds. The molecule has 3 N–H and O–H groups in total. The van der Waals surface area contributed by atoms with E-state index < -0.39 is 0 Å². The van der Waals surface area contributed by atoms with E-state index >= 15 is 0 Å². The van der Waals surface area contributed by atoms with Crippen LogP contribution in [0, 0.1) is 19.3 Å². The molecule has 0 bridgehead atoms. The Morgan fingerprint density at radius 3 is 2.37 bits per heavy atom. The Morgan fingerprint density at radius 2 is 1.66 bits per heavy atom. The Labute approximate surface area is 214 Å². The third-order valence-electron chi connectivity index (χ3n) is 5.27. The standard InChI is InChI=1S/C23H27N5OS.C5H12/c1-16-6-3-7-17(2)22(16)20-15-21(29)26-23(25-20)27-30-19-9-4-8-18(14-19)28-12-5-10-24-11-13-28;1-5(2,3)4/h3-4,6-9,14-15,24H,5,10-13H2,1-2H3,(H2,25,26,27,29);1-4H3. The van der Waals surface area contributed by atoms with Gasteiger partial charge in [-0.25, -0.2) is 4.98 Å². The first kappa shape index (κ1) is 26.8. The molecule has 0 aliphatic carbocycles. The van der Waals surface area contributed by atoms with E-state index in [0.29, 0.717) is 17.1 Å². The molecular weight excluding hydrogens is 454 g/mol. The predicted molar refractivity (Wildman–Crippen MR) is 151 cm³/mol. The zero-order valence-electron chi connectivity index (χ0n) is 21.9. The average molecular weight is 494 g/mol. The Morgan fingerprint density at radius 1 is 0.971 bits per heavy atom. The van der Waals surface area contributed by atoms with E-state index in [9.17, 15) is 4.79 Å². The minimum atomic E-state index is -0.170. The second-order valence-corrected chi connectivity index (χ2v) is 11.4. The second kappa shape index (κ2) is 12.3. The van der Waals surface area contributed by atoms with Gasteiger partial charge < -0.3 is 10.2 Å². The molecule has 0 radical (unpaired) electrons. The molecule has 1 saturated heterocycles. The zero-order chi connectivity index (χ0) is 25.4. The fraction of sp³-hybridized carbons (Fsp3) is 0.429. The Kier molecular flexibility index (Phi) is 9.40. The molecule has 2 heterocycles. The van der Waals surface area contributed by atoms with Gasteiger partial charge in [0.2, 0.25) is 5.95 Å². The second-order valence-electron chi connectivity index (χ2n) is 10.5. The highest BCUT2D eigenvalue weighted by Crippen LogP contribution is 2.27. The van der Waals surface area contributed by atoms with Crippen LogP contribution < -0.4 is 20.5 Å². The quantitative estimate of drug-likeness (QED) is 0.377. The van der Waals surface area contributed by atoms with E-state index in [1.54, 1.807) is 6.07 Å². The molecule has 6 nitrogen and oxygen atoms in total. The van der Waals surface area contributed by atoms with Gasteiger partial charge in [-0.1, -0.05) is 52.0 Å². The van der Waals surface area contributed by atoms with Crippen LogP contribution in [0.1, 0.15) is 45.2 Å². The zero-order valence-corrected chi connectivity index (χ0v) is 22.7. The number of nitrogens with zero attached hydrogens (tertiary/aromatic N) is 2. The van der Waals surface area contributed by atoms with Crippen LogP contribution in [-0.2, 0) is 0 Å². The molecule has 0 saturated carbocycles. The number of benzene rings is 2. The fourth-order valence-corrected chi connectivity index (χ4v) is 4.44. The monoisotopic (exact) mass is 493 g/mol. The number of hydrogen-bond acceptors (Lipinski definition) is 6. The summed E-state index contributed by atoms with van der Waals surface area (Å²) in [5, 5.41) is 3.44. The SMILES string of the molecule is CC(C)(C)C.Cc1cccc(C)c1-c1cc(=O)[nH]c(NSc2cccc(N3CCCNCC3)c2)n1. The number of hydrogen-bond donors (Lipinski definition) is 3. The summed E-state index contributed by atoms with van der Waals surface area (Å²) < 4.78 is 3.21. The smallest absolute Gasteiger partial charge is 0.252 e. The van der Waals surface area contributed by atoms with Crippen molar-refractivity contribution in [3.8, 4) is 11.3 Å². The fourth-order valence-electron chi connectivity index (χ4n) is 3.81. The van der Waals surface area contributed by atoms with E-state index in [1.165, 1.54) is 17.6 Å². The van der Waals surface area contributed by atoms with Gasteiger partial charge in [0.25, 0.3) is 5.56 Å². The van der Waals surface area contributed by atoms with Gasteiger partial charge in [0.15, 0.2) is 0 Å². The predicted octanol–water partition coefficient (Wildman–Crippen LogP) is 6.03. The molecule has 188 valence electrons. The molecule has 0 atom stereocenters. The summed E-state index contributed by atoms with van der Waals surface area (Å²) in [4.78, 5) is 23.2. The van der Waals surface area contributed by atoms with Crippen LogP contribution in [-0.4, -0.2) is 36.1 Å². The summed E-state index contributed by atoms with van der Waals surface area (Å²) in [5.41, 5.74) is 5.45. The van der Waals surface area contributed by atoms with E-state index in [-0.39, 0.29) is 5.56 Å². The number of anilines is 2. The van der Waals surface area contributed by atoms with E-state index in [2.05, 4.69) is 76.9 Å². The highest BCUT2D eigenvalue weighted by molar-refractivity contribution is 8.00. The van der Waals surface area contributed by atoms with Gasteiger partial charge in [0.1, 0.15) is 0 Å². The van der Waals surface area contributed by atoms with Gasteiger partial charge in [-0.15, -0.1) is 0 Å². The molecule has 0 spiro atoms. The highest BCUT2D eigenvalue weighted by atomic mass is 32.2. The van der Waals surface area contributed by atoms with E-state index in [0.717, 1.165) is 54.2 Å². The van der Waals surface area contributed by atoms with Crippen LogP contribution in [0.5, 0.6) is 0 Å². The van der Waals surface area contributed by atoms with Crippen molar-refractivity contribution in [2.24, 2.45) is 5.41 Å². The largest absolute Gasteiger partial charge is 0.370 e. The molecule has 1 aromatic heterocycles. The van der Waals surface area contributed by atoms with Crippen molar-refractivity contribution in [2.75, 3.05) is 35.8 Å². The average Bonchev–Trinajstić information content (AvgIpc) is 3.06. The van der Waals surface area contributed by atoms with E-state index in [1.807, 2.05) is 32.0 Å². The van der Waals surface area contributed by atoms with Gasteiger partial charge in [-0.3, -0.25) is 14.5 Å². The Bertz CT molecular complexity index is 1130. The van der Waals surface area contributed by atoms with Crippen molar-refractivity contribution in [2.45, 2.75) is 52.9 Å². The third-order valence-corrected chi connectivity index (χ3v) is 6.05. The van der Waals surface area contributed by atoms with Gasteiger partial charge >= 0.3 is 0 Å². The highest BCUT2D eigenvalue weighted by Gasteiger charge is 2.12. The number of aryl methyl sites for hydroxylation is 2. The van der Waals surface area contributed by atoms with Gasteiger partial charge in [0, 0.05) is 41.8 Å². The first-order chi connectivity index (χ1) is 16.6. The van der Waals surface area contributed by atoms with Crippen molar-refractivity contribution in [1.82, 2.24) is 15.3 Å². The summed E-state index contributed by atoms with van der Waals surface area (Å²) in [6.45, 7) is 17.0. The van der Waals surface area contributed by atoms with Crippen LogP contribution in [0.25, 0.3) is 11.3 Å². The number of aromatic amines is 1. The van der Waals surface area contributed by atoms with Crippen molar-refractivity contribution in [1.29, 1.82) is 0 Å². The summed E-state index contributed by atoms with van der Waals surface area (Å²) in [6, 6.07) is 16.1. The Balaban J connectivity index is 0.000000623. The van der Waals surface area contributed by atoms with Gasteiger partial charge in [0.05, 0.1) is 5.69 Å². The molecule has 3 aromatic rings. The van der Waals surface area contributed by atoms with Gasteiger partial charge in [-0.2, -0.15) is 0 Å². The molecule has 2 aromatic carbocycles. The van der Waals surface area contributed by atoms with Crippen LogP contribution >= 0.6 is 11.9 Å². The third kappa shape index (κ3) is 8.75. The number of nitrogens with one attached hydrogen (secondary N) is 3. The molecule has 7 heteroatoms. The molecule has 0 unspecified atom stereocenters. The maximum Gasteiger partial charge on any atom is 0.252 e. The lowest BCUT2D eigenvalue weighted by Gasteiger charge is -2.22. The van der Waals surface area contributed by atoms with Crippen molar-refractivity contribution in [3.63, 3.8) is 0 Å². The molecule has 4 rings (SSSR count). The maximum atomic E-state index is 12.3. The number of rotatable bonds is 5. The first-order valence-corrected chi connectivity index (χ1v) is 13.1. The van der Waals surface area contributed by atoms with E-state index in [4.69, 9.17) is 0 Å². The molecule has 1 fully saturated rings. The number of aromatic nitrogens is 2. The summed E-state index contributed by atoms with van der Waals surface area (Å²) in [6.07, 6.45) is 1.14. The molecular formula is C28H39N5OS. The van der Waals surface area contributed by atoms with Gasteiger partial charge in [-0.05, 0) is 73.5 Å². The first-order valence-electron chi connectivity index (χ1n) is 12.3. The van der Waals surface area contributed by atoms with Crippen LogP contribution in [0.2, 0.25) is 0 Å². The molecule has 1 aliphatic rings. The summed E-state index contributed by atoms with van der Waals surface area (Å²) in [7, 11) is 0.